The van der Waals surface area contributed by atoms with Gasteiger partial charge in [0.05, 0.1) is 0 Å². The number of anilines is 1. The molecular formula is C12H14Cl2NO. The molecule has 0 fully saturated rings. The predicted octanol–water partition coefficient (Wildman–Crippen LogP) is 2.62. The van der Waals surface area contributed by atoms with E-state index in [1.165, 1.54) is 0 Å². The molecule has 0 bridgehead atoms. The molecule has 0 aliphatic rings. The van der Waals surface area contributed by atoms with Gasteiger partial charge in [-0.15, -0.1) is 23.2 Å². The van der Waals surface area contributed by atoms with E-state index < -0.39 is 0 Å². The molecule has 0 unspecified atom stereocenters. The van der Waals surface area contributed by atoms with Crippen LogP contribution in [0.5, 0.6) is 0 Å². The van der Waals surface area contributed by atoms with Gasteiger partial charge in [0, 0.05) is 37.0 Å². The van der Waals surface area contributed by atoms with Crippen LogP contribution in [0.15, 0.2) is 24.3 Å². The Morgan fingerprint density at radius 3 is 2.06 bits per heavy atom. The van der Waals surface area contributed by atoms with Gasteiger partial charge in [-0.3, -0.25) is 4.79 Å². The second-order valence-electron chi connectivity index (χ2n) is 3.35. The molecule has 0 amide bonds. The molecule has 1 aromatic carbocycles. The quantitative estimate of drug-likeness (QED) is 0.701. The maximum atomic E-state index is 10.2. The molecule has 0 N–H and O–H groups in total. The number of benzene rings is 1. The van der Waals surface area contributed by atoms with E-state index in [4.69, 9.17) is 23.2 Å². The van der Waals surface area contributed by atoms with Crippen LogP contribution in [0.2, 0.25) is 0 Å². The number of halogens is 2. The molecule has 4 heteroatoms. The van der Waals surface area contributed by atoms with E-state index in [1.54, 1.807) is 0 Å². The van der Waals surface area contributed by atoms with Gasteiger partial charge in [-0.1, -0.05) is 12.1 Å². The van der Waals surface area contributed by atoms with Crippen LogP contribution in [0.3, 0.4) is 0 Å². The summed E-state index contributed by atoms with van der Waals surface area (Å²) >= 11 is 11.5. The molecule has 0 aromatic heterocycles. The van der Waals surface area contributed by atoms with Gasteiger partial charge < -0.3 is 4.90 Å². The van der Waals surface area contributed by atoms with Crippen molar-refractivity contribution >= 4 is 35.2 Å². The number of nitrogens with zero attached hydrogens (tertiary/aromatic N) is 1. The number of alkyl halides is 2. The molecule has 1 radical (unpaired) electrons. The molecule has 1 aromatic rings. The van der Waals surface area contributed by atoms with Gasteiger partial charge in [0.2, 0.25) is 6.29 Å². The molecule has 0 heterocycles. The summed E-state index contributed by atoms with van der Waals surface area (Å²) in [5.74, 6) is 1.14. The topological polar surface area (TPSA) is 20.3 Å². The van der Waals surface area contributed by atoms with Crippen molar-refractivity contribution < 1.29 is 4.79 Å². The van der Waals surface area contributed by atoms with Crippen molar-refractivity contribution in [3.63, 3.8) is 0 Å². The molecule has 0 aliphatic carbocycles. The summed E-state index contributed by atoms with van der Waals surface area (Å²) in [4.78, 5) is 12.3. The van der Waals surface area contributed by atoms with Crippen LogP contribution in [-0.4, -0.2) is 31.1 Å². The van der Waals surface area contributed by atoms with E-state index in [9.17, 15) is 4.79 Å². The number of hydrogen-bond donors (Lipinski definition) is 0. The largest absolute Gasteiger partial charge is 0.369 e. The van der Waals surface area contributed by atoms with Gasteiger partial charge in [-0.25, -0.2) is 0 Å². The first-order valence-electron chi connectivity index (χ1n) is 5.12. The van der Waals surface area contributed by atoms with Crippen molar-refractivity contribution in [2.45, 2.75) is 6.42 Å². The third kappa shape index (κ3) is 4.03. The lowest BCUT2D eigenvalue weighted by molar-refractivity contribution is 0.555. The van der Waals surface area contributed by atoms with E-state index in [0.29, 0.717) is 18.2 Å². The van der Waals surface area contributed by atoms with Crippen LogP contribution in [0.4, 0.5) is 5.69 Å². The molecule has 87 valence electrons. The zero-order valence-electron chi connectivity index (χ0n) is 8.96. The third-order valence-electron chi connectivity index (χ3n) is 2.29. The maximum Gasteiger partial charge on any atom is 0.203 e. The zero-order valence-corrected chi connectivity index (χ0v) is 10.5. The molecule has 2 nitrogen and oxygen atoms in total. The smallest absolute Gasteiger partial charge is 0.203 e. The van der Waals surface area contributed by atoms with Crippen LogP contribution in [0.1, 0.15) is 5.56 Å². The Balaban J connectivity index is 2.72. The van der Waals surface area contributed by atoms with E-state index in [1.807, 2.05) is 30.6 Å². The van der Waals surface area contributed by atoms with E-state index in [-0.39, 0.29) is 0 Å². The summed E-state index contributed by atoms with van der Waals surface area (Å²) in [6.07, 6.45) is 2.22. The maximum absolute atomic E-state index is 10.2. The Bertz CT molecular complexity index is 307. The summed E-state index contributed by atoms with van der Waals surface area (Å²) in [5, 5.41) is 0. The van der Waals surface area contributed by atoms with E-state index in [0.717, 1.165) is 24.3 Å². The van der Waals surface area contributed by atoms with Gasteiger partial charge >= 0.3 is 0 Å². The average Bonchev–Trinajstić information content (AvgIpc) is 2.30. The second kappa shape index (κ2) is 7.53. The standard InChI is InChI=1S/C12H14Cl2NO/c13-6-8-15(9-7-14)12-3-1-11(2-4-12)5-10-16/h1-4H,5-9H2. The van der Waals surface area contributed by atoms with Crippen molar-refractivity contribution in [2.75, 3.05) is 29.7 Å². The van der Waals surface area contributed by atoms with Crippen molar-refractivity contribution in [1.29, 1.82) is 0 Å². The summed E-state index contributed by atoms with van der Waals surface area (Å²) in [6.45, 7) is 1.54. The van der Waals surface area contributed by atoms with Gasteiger partial charge in [-0.05, 0) is 17.7 Å². The molecule has 16 heavy (non-hydrogen) atoms. The number of rotatable bonds is 7. The van der Waals surface area contributed by atoms with Crippen LogP contribution >= 0.6 is 23.2 Å². The Labute approximate surface area is 106 Å². The molecule has 1 rings (SSSR count). The van der Waals surface area contributed by atoms with Crippen LogP contribution in [0, 0.1) is 0 Å². The Hall–Kier alpha value is -0.730. The Morgan fingerprint density at radius 2 is 1.62 bits per heavy atom. The van der Waals surface area contributed by atoms with Crippen LogP contribution in [0.25, 0.3) is 0 Å². The highest BCUT2D eigenvalue weighted by Gasteiger charge is 2.04. The lowest BCUT2D eigenvalue weighted by Gasteiger charge is -2.22. The molecule has 0 spiro atoms. The Kier molecular flexibility index (Phi) is 6.27. The fourth-order valence-electron chi connectivity index (χ4n) is 1.48. The predicted molar refractivity (Wildman–Crippen MR) is 69.5 cm³/mol. The first-order valence-corrected chi connectivity index (χ1v) is 6.19. The lowest BCUT2D eigenvalue weighted by atomic mass is 10.1. The minimum atomic E-state index is 0.339. The Morgan fingerprint density at radius 1 is 1.06 bits per heavy atom. The van der Waals surface area contributed by atoms with Gasteiger partial charge in [0.1, 0.15) is 0 Å². The minimum absolute atomic E-state index is 0.339. The van der Waals surface area contributed by atoms with Crippen molar-refractivity contribution in [3.05, 3.63) is 29.8 Å². The van der Waals surface area contributed by atoms with Crippen LogP contribution in [-0.2, 0) is 11.2 Å². The minimum Gasteiger partial charge on any atom is -0.369 e. The number of hydrogen-bond acceptors (Lipinski definition) is 2. The van der Waals surface area contributed by atoms with E-state index in [2.05, 4.69) is 4.90 Å². The molecule has 0 atom stereocenters. The highest BCUT2D eigenvalue weighted by Crippen LogP contribution is 2.15. The van der Waals surface area contributed by atoms with Crippen molar-refractivity contribution in [2.24, 2.45) is 0 Å². The van der Waals surface area contributed by atoms with Crippen LogP contribution < -0.4 is 4.90 Å². The highest BCUT2D eigenvalue weighted by atomic mass is 35.5. The molecule has 0 saturated heterocycles. The first kappa shape index (κ1) is 13.3. The second-order valence-corrected chi connectivity index (χ2v) is 4.11. The van der Waals surface area contributed by atoms with Gasteiger partial charge in [0.15, 0.2) is 0 Å². The molecule has 0 aliphatic heterocycles. The fraction of sp³-hybridized carbons (Fsp3) is 0.417. The zero-order chi connectivity index (χ0) is 11.8. The third-order valence-corrected chi connectivity index (χ3v) is 2.62. The highest BCUT2D eigenvalue weighted by molar-refractivity contribution is 6.18. The van der Waals surface area contributed by atoms with Gasteiger partial charge in [0.25, 0.3) is 0 Å². The summed E-state index contributed by atoms with van der Waals surface area (Å²) in [5.41, 5.74) is 2.05. The summed E-state index contributed by atoms with van der Waals surface area (Å²) in [6, 6.07) is 7.81. The molecule has 0 saturated carbocycles. The fourth-order valence-corrected chi connectivity index (χ4v) is 1.89. The summed E-state index contributed by atoms with van der Waals surface area (Å²) in [7, 11) is 0. The summed E-state index contributed by atoms with van der Waals surface area (Å²) < 4.78 is 0. The normalized spacial score (nSPS) is 10.1. The first-order chi connectivity index (χ1) is 7.81. The monoisotopic (exact) mass is 258 g/mol. The van der Waals surface area contributed by atoms with Crippen molar-refractivity contribution in [3.8, 4) is 0 Å². The van der Waals surface area contributed by atoms with Gasteiger partial charge in [-0.2, -0.15) is 0 Å². The van der Waals surface area contributed by atoms with E-state index >= 15 is 0 Å². The average molecular weight is 259 g/mol. The number of carbonyl (C=O) groups excluding carboxylic acids is 1. The lowest BCUT2D eigenvalue weighted by Crippen LogP contribution is -2.27. The SMILES string of the molecule is O=[C]Cc1ccc(N(CCCl)CCCl)cc1. The van der Waals surface area contributed by atoms with Crippen molar-refractivity contribution in [1.82, 2.24) is 0 Å². The molecular weight excluding hydrogens is 245 g/mol.